The summed E-state index contributed by atoms with van der Waals surface area (Å²) in [5, 5.41) is 0. The molecule has 2 fully saturated rings. The molecule has 0 radical (unpaired) electrons. The van der Waals surface area contributed by atoms with E-state index < -0.39 is 24.4 Å². The van der Waals surface area contributed by atoms with E-state index in [-0.39, 0.29) is 23.6 Å². The van der Waals surface area contributed by atoms with Crippen molar-refractivity contribution in [2.45, 2.75) is 71.2 Å². The number of benzene rings is 2. The third-order valence-corrected chi connectivity index (χ3v) is 7.95. The van der Waals surface area contributed by atoms with Crippen LogP contribution in [0.15, 0.2) is 36.4 Å². The van der Waals surface area contributed by atoms with Crippen molar-refractivity contribution in [2.75, 3.05) is 6.61 Å². The summed E-state index contributed by atoms with van der Waals surface area (Å²) in [6.45, 7) is 12.1. The Morgan fingerprint density at radius 1 is 1.15 bits per heavy atom. The highest BCUT2D eigenvalue weighted by Crippen LogP contribution is 2.62. The highest BCUT2D eigenvalue weighted by molar-refractivity contribution is 6.62. The maximum atomic E-state index is 14.8. The van der Waals surface area contributed by atoms with Crippen molar-refractivity contribution in [1.82, 2.24) is 0 Å². The van der Waals surface area contributed by atoms with Crippen molar-refractivity contribution in [3.05, 3.63) is 58.9 Å². The molecule has 34 heavy (non-hydrogen) atoms. The quantitative estimate of drug-likeness (QED) is 0.456. The van der Waals surface area contributed by atoms with Crippen LogP contribution >= 0.6 is 0 Å². The maximum Gasteiger partial charge on any atom is 0.494 e. The normalized spacial score (nSPS) is 26.6. The first kappa shape index (κ1) is 23.4. The van der Waals surface area contributed by atoms with E-state index in [1.807, 2.05) is 59.7 Å². The minimum atomic E-state index is -0.560. The molecule has 5 rings (SSSR count). The minimum absolute atomic E-state index is 0.00930. The first-order valence-electron chi connectivity index (χ1n) is 12.1. The summed E-state index contributed by atoms with van der Waals surface area (Å²) in [6.07, 6.45) is 0.351. The number of fused-ring (bicyclic) bond motifs is 3. The van der Waals surface area contributed by atoms with E-state index in [0.717, 1.165) is 11.9 Å². The van der Waals surface area contributed by atoms with Gasteiger partial charge in [0.15, 0.2) is 0 Å². The summed E-state index contributed by atoms with van der Waals surface area (Å²) in [5.41, 5.74) is 2.70. The predicted octanol–water partition coefficient (Wildman–Crippen LogP) is 4.71. The molecule has 1 saturated carbocycles. The molecular weight excluding hydrogens is 434 g/mol. The molecule has 1 saturated heterocycles. The summed E-state index contributed by atoms with van der Waals surface area (Å²) in [6, 6.07) is 10.9. The van der Waals surface area contributed by atoms with E-state index >= 15 is 0 Å². The molecule has 180 valence electrons. The van der Waals surface area contributed by atoms with E-state index in [2.05, 4.69) is 0 Å². The number of hydrogen-bond acceptors (Lipinski definition) is 5. The van der Waals surface area contributed by atoms with Crippen LogP contribution in [0.1, 0.15) is 70.3 Å². The molecule has 2 aromatic rings. The fourth-order valence-corrected chi connectivity index (χ4v) is 5.29. The van der Waals surface area contributed by atoms with Crippen LogP contribution in [0.5, 0.6) is 5.75 Å². The van der Waals surface area contributed by atoms with Crippen LogP contribution in [0.2, 0.25) is 0 Å². The van der Waals surface area contributed by atoms with Gasteiger partial charge in [-0.2, -0.15) is 0 Å². The van der Waals surface area contributed by atoms with Gasteiger partial charge in [0, 0.05) is 11.5 Å². The Balaban J connectivity index is 1.30. The summed E-state index contributed by atoms with van der Waals surface area (Å²) < 4.78 is 38.4. The van der Waals surface area contributed by atoms with Crippen LogP contribution in [-0.2, 0) is 25.3 Å². The Kier molecular flexibility index (Phi) is 5.56. The third kappa shape index (κ3) is 3.83. The molecule has 0 amide bonds. The second-order valence-corrected chi connectivity index (χ2v) is 10.7. The number of halogens is 1. The molecular formula is C27H32BFO5. The van der Waals surface area contributed by atoms with Gasteiger partial charge in [0.05, 0.1) is 23.7 Å². The van der Waals surface area contributed by atoms with Crippen LogP contribution in [0.4, 0.5) is 4.39 Å². The highest BCUT2D eigenvalue weighted by Gasteiger charge is 2.60. The second kappa shape index (κ2) is 8.09. The van der Waals surface area contributed by atoms with Gasteiger partial charge in [0.1, 0.15) is 17.7 Å². The van der Waals surface area contributed by atoms with Gasteiger partial charge < -0.3 is 18.8 Å². The first-order valence-corrected chi connectivity index (χ1v) is 12.1. The van der Waals surface area contributed by atoms with Crippen molar-refractivity contribution in [2.24, 2.45) is 11.8 Å². The fourth-order valence-electron chi connectivity index (χ4n) is 5.29. The topological polar surface area (TPSA) is 54.0 Å². The Morgan fingerprint density at radius 3 is 2.53 bits per heavy atom. The van der Waals surface area contributed by atoms with Gasteiger partial charge in [-0.15, -0.1) is 0 Å². The van der Waals surface area contributed by atoms with Gasteiger partial charge in [-0.3, -0.25) is 4.79 Å². The Morgan fingerprint density at radius 2 is 1.85 bits per heavy atom. The lowest BCUT2D eigenvalue weighted by atomic mass is 9.78. The van der Waals surface area contributed by atoms with Crippen LogP contribution in [0.25, 0.3) is 0 Å². The van der Waals surface area contributed by atoms with E-state index in [1.54, 1.807) is 12.1 Å². The van der Waals surface area contributed by atoms with Crippen molar-refractivity contribution in [3.8, 4) is 5.75 Å². The lowest BCUT2D eigenvalue weighted by Crippen LogP contribution is -2.41. The van der Waals surface area contributed by atoms with Gasteiger partial charge >= 0.3 is 13.1 Å². The monoisotopic (exact) mass is 466 g/mol. The van der Waals surface area contributed by atoms with Gasteiger partial charge in [-0.05, 0) is 88.7 Å². The average Bonchev–Trinajstić information content (AvgIpc) is 3.26. The Bertz CT molecular complexity index is 1110. The van der Waals surface area contributed by atoms with Crippen molar-refractivity contribution >= 4 is 18.6 Å². The summed E-state index contributed by atoms with van der Waals surface area (Å²) in [5.74, 6) is 0.859. The molecule has 7 heteroatoms. The van der Waals surface area contributed by atoms with E-state index in [9.17, 15) is 9.18 Å². The van der Waals surface area contributed by atoms with Crippen molar-refractivity contribution in [3.63, 3.8) is 0 Å². The fraction of sp³-hybridized carbons (Fsp3) is 0.519. The summed E-state index contributed by atoms with van der Waals surface area (Å²) >= 11 is 0. The summed E-state index contributed by atoms with van der Waals surface area (Å²) in [7, 11) is -0.560. The van der Waals surface area contributed by atoms with Crippen LogP contribution in [0, 0.1) is 17.7 Å². The van der Waals surface area contributed by atoms with E-state index in [1.165, 1.54) is 17.2 Å². The molecule has 1 aliphatic heterocycles. The number of hydrogen-bond donors (Lipinski definition) is 0. The third-order valence-electron chi connectivity index (χ3n) is 7.95. The molecule has 0 bridgehead atoms. The molecule has 0 spiro atoms. The zero-order chi connectivity index (χ0) is 24.4. The molecule has 5 nitrogen and oxygen atoms in total. The Hall–Kier alpha value is -2.38. The number of ether oxygens (including phenoxy) is 2. The first-order chi connectivity index (χ1) is 16.0. The lowest BCUT2D eigenvalue weighted by Gasteiger charge is -2.32. The minimum Gasteiger partial charge on any atom is -0.486 e. The highest BCUT2D eigenvalue weighted by atomic mass is 19.1. The molecule has 0 N–H and O–H groups in total. The standard InChI is InChI=1S/C27H32BFO5/c1-7-31-25(30)24-21-13-16-12-18(9-10-19(16)23(21)24)32-15(2)20-14-17(8-11-22(20)29)28-33-26(3,4)27(5,6)34-28/h8-12,14-15,21,23-24H,7,13H2,1-6H3/t15?,21-,23+,24+/m1/s1. The van der Waals surface area contributed by atoms with Crippen molar-refractivity contribution in [1.29, 1.82) is 0 Å². The largest absolute Gasteiger partial charge is 0.494 e. The molecule has 4 atom stereocenters. The SMILES string of the molecule is CCOC(=O)[C@H]1[C@@H]2Cc3cc(OC(C)c4cc(B5OC(C)(C)C(C)(C)O5)ccc4F)ccc3[C@@H]21. The van der Waals surface area contributed by atoms with E-state index in [4.69, 9.17) is 18.8 Å². The average molecular weight is 466 g/mol. The molecule has 2 aliphatic carbocycles. The van der Waals surface area contributed by atoms with Crippen LogP contribution in [-0.4, -0.2) is 30.9 Å². The number of rotatable bonds is 6. The van der Waals surface area contributed by atoms with Crippen LogP contribution in [0.3, 0.4) is 0 Å². The number of carbonyl (C=O) groups is 1. The van der Waals surface area contributed by atoms with Gasteiger partial charge in [0.25, 0.3) is 0 Å². The Labute approximate surface area is 201 Å². The van der Waals surface area contributed by atoms with E-state index in [0.29, 0.717) is 23.8 Å². The smallest absolute Gasteiger partial charge is 0.486 e. The molecule has 1 heterocycles. The van der Waals surface area contributed by atoms with Crippen molar-refractivity contribution < 1.29 is 28.0 Å². The lowest BCUT2D eigenvalue weighted by molar-refractivity contribution is -0.145. The molecule has 1 unspecified atom stereocenters. The van der Waals surface area contributed by atoms with Gasteiger partial charge in [-0.1, -0.05) is 18.2 Å². The molecule has 0 aromatic heterocycles. The molecule has 3 aliphatic rings. The number of carbonyl (C=O) groups excluding carboxylic acids is 1. The predicted molar refractivity (Wildman–Crippen MR) is 128 cm³/mol. The number of esters is 1. The zero-order valence-corrected chi connectivity index (χ0v) is 20.7. The van der Waals surface area contributed by atoms with Gasteiger partial charge in [0.2, 0.25) is 0 Å². The van der Waals surface area contributed by atoms with Gasteiger partial charge in [-0.25, -0.2) is 4.39 Å². The summed E-state index contributed by atoms with van der Waals surface area (Å²) in [4.78, 5) is 12.1. The second-order valence-electron chi connectivity index (χ2n) is 10.7. The zero-order valence-electron chi connectivity index (χ0n) is 20.7. The maximum absolute atomic E-state index is 14.8. The van der Waals surface area contributed by atoms with Crippen LogP contribution < -0.4 is 10.2 Å². The molecule has 2 aromatic carbocycles.